The van der Waals surface area contributed by atoms with Crippen LogP contribution in [0, 0.1) is 17.6 Å². The highest BCUT2D eigenvalue weighted by Crippen LogP contribution is 2.34. The summed E-state index contributed by atoms with van der Waals surface area (Å²) in [5.74, 6) is -3.62. The van der Waals surface area contributed by atoms with Gasteiger partial charge < -0.3 is 15.7 Å². The molecule has 4 nitrogen and oxygen atoms in total. The van der Waals surface area contributed by atoms with Crippen molar-refractivity contribution in [1.29, 1.82) is 0 Å². The third-order valence-electron chi connectivity index (χ3n) is 4.26. The highest BCUT2D eigenvalue weighted by molar-refractivity contribution is 5.88. The zero-order valence-corrected chi connectivity index (χ0v) is 12.0. The maximum atomic E-state index is 14.2. The van der Waals surface area contributed by atoms with Crippen molar-refractivity contribution in [3.63, 3.8) is 0 Å². The van der Waals surface area contributed by atoms with Crippen molar-refractivity contribution in [2.24, 2.45) is 11.7 Å². The minimum Gasteiger partial charge on any atom is -0.478 e. The van der Waals surface area contributed by atoms with Gasteiger partial charge in [0.05, 0.1) is 11.3 Å². The smallest absolute Gasteiger partial charge is 0.338 e. The number of nitrogens with zero attached hydrogens (tertiary/aromatic N) is 1. The summed E-state index contributed by atoms with van der Waals surface area (Å²) >= 11 is 0. The summed E-state index contributed by atoms with van der Waals surface area (Å²) in [7, 11) is 0. The first-order chi connectivity index (χ1) is 10.0. The lowest BCUT2D eigenvalue weighted by Crippen LogP contribution is -2.41. The molecule has 6 heteroatoms. The van der Waals surface area contributed by atoms with Gasteiger partial charge in [-0.15, -0.1) is 0 Å². The molecule has 0 bridgehead atoms. The maximum absolute atomic E-state index is 14.2. The lowest BCUT2D eigenvalue weighted by Gasteiger charge is -2.34. The standard InChI is InChI=1S/C15H20F2N2O2/c1-2-19(11-5-3-4-9(11)8-18)12-7-6-10(15(20)21)13(16)14(12)17/h6-7,9,11H,2-5,8,18H2,1H3,(H,20,21). The van der Waals surface area contributed by atoms with E-state index >= 15 is 0 Å². The van der Waals surface area contributed by atoms with Gasteiger partial charge in [0.2, 0.25) is 0 Å². The summed E-state index contributed by atoms with van der Waals surface area (Å²) in [6.07, 6.45) is 2.88. The molecule has 1 aliphatic carbocycles. The Balaban J connectivity index is 2.39. The minimum atomic E-state index is -1.47. The monoisotopic (exact) mass is 298 g/mol. The summed E-state index contributed by atoms with van der Waals surface area (Å²) in [5.41, 5.74) is 5.23. The van der Waals surface area contributed by atoms with E-state index in [4.69, 9.17) is 10.8 Å². The second-order valence-electron chi connectivity index (χ2n) is 5.35. The van der Waals surface area contributed by atoms with E-state index in [2.05, 4.69) is 0 Å². The highest BCUT2D eigenvalue weighted by Gasteiger charge is 2.32. The van der Waals surface area contributed by atoms with E-state index in [9.17, 15) is 13.6 Å². The van der Waals surface area contributed by atoms with Crippen LogP contribution in [0.1, 0.15) is 36.5 Å². The van der Waals surface area contributed by atoms with Crippen LogP contribution in [0.25, 0.3) is 0 Å². The van der Waals surface area contributed by atoms with Gasteiger partial charge in [0, 0.05) is 12.6 Å². The van der Waals surface area contributed by atoms with Crippen LogP contribution in [0.2, 0.25) is 0 Å². The van der Waals surface area contributed by atoms with Gasteiger partial charge in [-0.2, -0.15) is 0 Å². The number of anilines is 1. The summed E-state index contributed by atoms with van der Waals surface area (Å²) in [4.78, 5) is 12.6. The van der Waals surface area contributed by atoms with Gasteiger partial charge in [-0.1, -0.05) is 6.42 Å². The first kappa shape index (κ1) is 15.7. The van der Waals surface area contributed by atoms with Crippen LogP contribution < -0.4 is 10.6 Å². The average molecular weight is 298 g/mol. The molecule has 0 aliphatic heterocycles. The predicted octanol–water partition coefficient (Wildman–Crippen LogP) is 2.62. The fourth-order valence-electron chi connectivity index (χ4n) is 3.21. The number of hydrogen-bond acceptors (Lipinski definition) is 3. The van der Waals surface area contributed by atoms with E-state index in [1.807, 2.05) is 6.92 Å². The van der Waals surface area contributed by atoms with Gasteiger partial charge in [0.15, 0.2) is 11.6 Å². The minimum absolute atomic E-state index is 0.0737. The second kappa shape index (κ2) is 6.39. The number of carbonyl (C=O) groups is 1. The first-order valence-electron chi connectivity index (χ1n) is 7.19. The third-order valence-corrected chi connectivity index (χ3v) is 4.26. The number of rotatable bonds is 5. The molecule has 2 unspecified atom stereocenters. The number of aromatic carboxylic acids is 1. The van der Waals surface area contributed by atoms with Gasteiger partial charge >= 0.3 is 5.97 Å². The molecule has 1 aromatic carbocycles. The van der Waals surface area contributed by atoms with Gasteiger partial charge in [-0.3, -0.25) is 0 Å². The Bertz CT molecular complexity index is 537. The van der Waals surface area contributed by atoms with Crippen molar-refractivity contribution in [2.75, 3.05) is 18.0 Å². The molecule has 2 rings (SSSR count). The quantitative estimate of drug-likeness (QED) is 0.877. The zero-order chi connectivity index (χ0) is 15.6. The summed E-state index contributed by atoms with van der Waals surface area (Å²) in [5, 5.41) is 8.83. The van der Waals surface area contributed by atoms with Crippen LogP contribution in [0.3, 0.4) is 0 Å². The summed E-state index contributed by atoms with van der Waals surface area (Å²) in [6.45, 7) is 2.90. The zero-order valence-electron chi connectivity index (χ0n) is 12.0. The van der Waals surface area contributed by atoms with Crippen LogP contribution in [0.15, 0.2) is 12.1 Å². The van der Waals surface area contributed by atoms with E-state index < -0.39 is 23.2 Å². The van der Waals surface area contributed by atoms with Crippen molar-refractivity contribution in [2.45, 2.75) is 32.2 Å². The van der Waals surface area contributed by atoms with Gasteiger partial charge in [0.1, 0.15) is 0 Å². The molecule has 1 aliphatic rings. The van der Waals surface area contributed by atoms with Crippen LogP contribution in [-0.2, 0) is 0 Å². The average Bonchev–Trinajstić information content (AvgIpc) is 2.92. The molecule has 0 saturated heterocycles. The molecule has 3 N–H and O–H groups in total. The van der Waals surface area contributed by atoms with E-state index in [1.165, 1.54) is 6.07 Å². The highest BCUT2D eigenvalue weighted by atomic mass is 19.2. The molecular formula is C15H20F2N2O2. The van der Waals surface area contributed by atoms with Gasteiger partial charge in [0.25, 0.3) is 0 Å². The molecule has 1 saturated carbocycles. The van der Waals surface area contributed by atoms with Crippen LogP contribution in [0.5, 0.6) is 0 Å². The largest absolute Gasteiger partial charge is 0.478 e. The topological polar surface area (TPSA) is 66.6 Å². The van der Waals surface area contributed by atoms with E-state index in [0.29, 0.717) is 13.1 Å². The Kier molecular flexibility index (Phi) is 4.77. The Labute approximate surface area is 122 Å². The van der Waals surface area contributed by atoms with Crippen LogP contribution in [0.4, 0.5) is 14.5 Å². The second-order valence-corrected chi connectivity index (χ2v) is 5.35. The van der Waals surface area contributed by atoms with E-state index in [-0.39, 0.29) is 17.6 Å². The fraction of sp³-hybridized carbons (Fsp3) is 0.533. The number of nitrogens with two attached hydrogens (primary N) is 1. The molecule has 21 heavy (non-hydrogen) atoms. The molecule has 0 amide bonds. The molecule has 0 spiro atoms. The molecule has 116 valence electrons. The molecule has 2 atom stereocenters. The Morgan fingerprint density at radius 3 is 2.67 bits per heavy atom. The number of hydrogen-bond donors (Lipinski definition) is 2. The molecule has 0 heterocycles. The predicted molar refractivity (Wildman–Crippen MR) is 76.5 cm³/mol. The summed E-state index contributed by atoms with van der Waals surface area (Å²) in [6, 6.07) is 2.53. The van der Waals surface area contributed by atoms with Crippen molar-refractivity contribution in [3.8, 4) is 0 Å². The normalized spacial score (nSPS) is 21.5. The fourth-order valence-corrected chi connectivity index (χ4v) is 3.21. The van der Waals surface area contributed by atoms with E-state index in [0.717, 1.165) is 25.3 Å². The molecule has 1 fully saturated rings. The SMILES string of the molecule is CCN(c1ccc(C(=O)O)c(F)c1F)C1CCCC1CN. The molecular weight excluding hydrogens is 278 g/mol. The number of carboxylic acids is 1. The molecule has 0 radical (unpaired) electrons. The lowest BCUT2D eigenvalue weighted by atomic mass is 10.0. The van der Waals surface area contributed by atoms with Crippen LogP contribution in [-0.4, -0.2) is 30.2 Å². The maximum Gasteiger partial charge on any atom is 0.338 e. The first-order valence-corrected chi connectivity index (χ1v) is 7.19. The van der Waals surface area contributed by atoms with Gasteiger partial charge in [-0.25, -0.2) is 13.6 Å². The van der Waals surface area contributed by atoms with Crippen molar-refractivity contribution in [1.82, 2.24) is 0 Å². The number of benzene rings is 1. The summed E-state index contributed by atoms with van der Waals surface area (Å²) < 4.78 is 28.1. The number of carboxylic acid groups (broad SMARTS) is 1. The lowest BCUT2D eigenvalue weighted by molar-refractivity contribution is 0.0690. The Hall–Kier alpha value is -1.69. The Morgan fingerprint density at radius 1 is 1.38 bits per heavy atom. The van der Waals surface area contributed by atoms with Crippen molar-refractivity contribution >= 4 is 11.7 Å². The van der Waals surface area contributed by atoms with Gasteiger partial charge in [-0.05, 0) is 44.4 Å². The molecule has 0 aromatic heterocycles. The Morgan fingerprint density at radius 2 is 2.10 bits per heavy atom. The van der Waals surface area contributed by atoms with Crippen molar-refractivity contribution in [3.05, 3.63) is 29.3 Å². The van der Waals surface area contributed by atoms with Crippen LogP contribution >= 0.6 is 0 Å². The van der Waals surface area contributed by atoms with Crippen molar-refractivity contribution < 1.29 is 18.7 Å². The molecule has 1 aromatic rings. The van der Waals surface area contributed by atoms with E-state index in [1.54, 1.807) is 4.90 Å². The number of halogens is 2. The third kappa shape index (κ3) is 2.85.